The van der Waals surface area contributed by atoms with Crippen LogP contribution in [-0.2, 0) is 19.4 Å². The molecule has 2 aliphatic rings. The van der Waals surface area contributed by atoms with E-state index >= 15 is 0 Å². The van der Waals surface area contributed by atoms with Gasteiger partial charge in [0.1, 0.15) is 11.5 Å². The highest BCUT2D eigenvalue weighted by molar-refractivity contribution is 5.94. The van der Waals surface area contributed by atoms with Crippen molar-refractivity contribution in [2.45, 2.75) is 25.8 Å². The number of aromatic nitrogens is 2. The Labute approximate surface area is 194 Å². The van der Waals surface area contributed by atoms with Gasteiger partial charge in [-0.05, 0) is 37.0 Å². The third-order valence-corrected chi connectivity index (χ3v) is 6.65. The van der Waals surface area contributed by atoms with Crippen LogP contribution in [0, 0.1) is 5.82 Å². The van der Waals surface area contributed by atoms with Gasteiger partial charge in [-0.2, -0.15) is 5.10 Å². The second-order valence-electron chi connectivity index (χ2n) is 8.85. The van der Waals surface area contributed by atoms with Crippen LogP contribution in [0.25, 0.3) is 5.69 Å². The fourth-order valence-electron chi connectivity index (χ4n) is 4.87. The van der Waals surface area contributed by atoms with Crippen LogP contribution < -0.4 is 5.32 Å². The number of amides is 1. The number of rotatable bonds is 7. The van der Waals surface area contributed by atoms with Crippen LogP contribution in [0.2, 0.25) is 0 Å². The molecule has 33 heavy (non-hydrogen) atoms. The molecule has 7 heteroatoms. The van der Waals surface area contributed by atoms with E-state index in [0.29, 0.717) is 17.9 Å². The van der Waals surface area contributed by atoms with Gasteiger partial charge in [-0.1, -0.05) is 42.5 Å². The van der Waals surface area contributed by atoms with E-state index < -0.39 is 0 Å². The van der Waals surface area contributed by atoms with E-state index in [0.717, 1.165) is 69.8 Å². The number of halogens is 1. The van der Waals surface area contributed by atoms with Crippen molar-refractivity contribution in [3.05, 3.63) is 82.9 Å². The van der Waals surface area contributed by atoms with E-state index in [1.807, 2.05) is 0 Å². The van der Waals surface area contributed by atoms with Gasteiger partial charge < -0.3 is 5.32 Å². The molecule has 3 aromatic rings. The first-order chi connectivity index (χ1) is 16.2. The molecule has 6 nitrogen and oxygen atoms in total. The molecule has 0 radical (unpaired) electrons. The lowest BCUT2D eigenvalue weighted by molar-refractivity contribution is 0.0928. The molecule has 1 amide bonds. The highest BCUT2D eigenvalue weighted by Crippen LogP contribution is 2.28. The Morgan fingerprint density at radius 1 is 0.939 bits per heavy atom. The van der Waals surface area contributed by atoms with Crippen molar-refractivity contribution in [2.24, 2.45) is 0 Å². The summed E-state index contributed by atoms with van der Waals surface area (Å²) in [6.07, 6.45) is 2.60. The minimum absolute atomic E-state index is 0.161. The van der Waals surface area contributed by atoms with Crippen LogP contribution in [0.5, 0.6) is 0 Å². The van der Waals surface area contributed by atoms with Crippen molar-refractivity contribution < 1.29 is 9.18 Å². The molecular formula is C26H30FN5O. The van der Waals surface area contributed by atoms with Gasteiger partial charge in [-0.3, -0.25) is 14.6 Å². The van der Waals surface area contributed by atoms with Crippen LogP contribution in [0.1, 0.15) is 33.7 Å². The number of piperazine rings is 1. The maximum atomic E-state index is 14.3. The van der Waals surface area contributed by atoms with Gasteiger partial charge in [0.05, 0.1) is 0 Å². The molecular weight excluding hydrogens is 417 g/mol. The van der Waals surface area contributed by atoms with Crippen LogP contribution in [-0.4, -0.2) is 64.8 Å². The number of benzene rings is 2. The highest BCUT2D eigenvalue weighted by Gasteiger charge is 2.27. The van der Waals surface area contributed by atoms with Crippen molar-refractivity contribution in [2.75, 3.05) is 39.3 Å². The summed E-state index contributed by atoms with van der Waals surface area (Å²) in [6, 6.07) is 17.2. The molecule has 5 rings (SSSR count). The van der Waals surface area contributed by atoms with Crippen LogP contribution in [0.3, 0.4) is 0 Å². The van der Waals surface area contributed by atoms with Crippen molar-refractivity contribution in [1.29, 1.82) is 0 Å². The van der Waals surface area contributed by atoms with E-state index in [-0.39, 0.29) is 11.7 Å². The molecule has 0 atom stereocenters. The Bertz CT molecular complexity index is 1110. The first-order valence-corrected chi connectivity index (χ1v) is 11.8. The summed E-state index contributed by atoms with van der Waals surface area (Å²) in [5.41, 5.74) is 4.12. The second kappa shape index (κ2) is 9.85. The van der Waals surface area contributed by atoms with Crippen molar-refractivity contribution in [3.8, 4) is 5.69 Å². The van der Waals surface area contributed by atoms with Crippen molar-refractivity contribution in [1.82, 2.24) is 24.9 Å². The van der Waals surface area contributed by atoms with Gasteiger partial charge in [-0.15, -0.1) is 0 Å². The van der Waals surface area contributed by atoms with Gasteiger partial charge >= 0.3 is 0 Å². The normalized spacial score (nSPS) is 16.6. The molecule has 0 unspecified atom stereocenters. The molecule has 172 valence electrons. The second-order valence-corrected chi connectivity index (χ2v) is 8.85. The van der Waals surface area contributed by atoms with Gasteiger partial charge in [-0.25, -0.2) is 9.07 Å². The molecule has 1 aliphatic heterocycles. The molecule has 2 aromatic carbocycles. The average molecular weight is 448 g/mol. The number of fused-ring (bicyclic) bond motifs is 1. The third kappa shape index (κ3) is 4.84. The lowest BCUT2D eigenvalue weighted by Crippen LogP contribution is -2.48. The van der Waals surface area contributed by atoms with E-state index in [4.69, 9.17) is 0 Å². The average Bonchev–Trinajstić information content (AvgIpc) is 3.44. The van der Waals surface area contributed by atoms with Gasteiger partial charge in [0, 0.05) is 57.1 Å². The Morgan fingerprint density at radius 3 is 2.45 bits per heavy atom. The third-order valence-electron chi connectivity index (χ3n) is 6.65. The predicted octanol–water partition coefficient (Wildman–Crippen LogP) is 3.05. The largest absolute Gasteiger partial charge is 0.349 e. The van der Waals surface area contributed by atoms with E-state index in [1.54, 1.807) is 22.9 Å². The molecule has 0 saturated carbocycles. The number of carbonyl (C=O) groups is 1. The van der Waals surface area contributed by atoms with Crippen molar-refractivity contribution >= 4 is 5.91 Å². The minimum Gasteiger partial charge on any atom is -0.349 e. The molecule has 0 bridgehead atoms. The first kappa shape index (κ1) is 21.8. The topological polar surface area (TPSA) is 53.4 Å². The highest BCUT2D eigenvalue weighted by atomic mass is 19.1. The minimum atomic E-state index is -0.326. The van der Waals surface area contributed by atoms with Gasteiger partial charge in [0.2, 0.25) is 0 Å². The van der Waals surface area contributed by atoms with Crippen LogP contribution in [0.4, 0.5) is 4.39 Å². The molecule has 1 saturated heterocycles. The van der Waals surface area contributed by atoms with Gasteiger partial charge in [0.15, 0.2) is 5.69 Å². The Morgan fingerprint density at radius 2 is 1.67 bits per heavy atom. The lowest BCUT2D eigenvalue weighted by atomic mass is 10.2. The van der Waals surface area contributed by atoms with E-state index in [1.165, 1.54) is 11.6 Å². The molecule has 1 aliphatic carbocycles. The molecule has 1 fully saturated rings. The van der Waals surface area contributed by atoms with Crippen LogP contribution >= 0.6 is 0 Å². The Balaban J connectivity index is 1.14. The number of hydrogen-bond donors (Lipinski definition) is 1. The SMILES string of the molecule is O=C(NCCN1CCN(Cc2ccccc2)CC1)c1nn(-c2ccccc2F)c2c1CCC2. The monoisotopic (exact) mass is 447 g/mol. The fraction of sp³-hybridized carbons (Fsp3) is 0.385. The zero-order chi connectivity index (χ0) is 22.6. The number of nitrogens with zero attached hydrogens (tertiary/aromatic N) is 4. The maximum Gasteiger partial charge on any atom is 0.272 e. The zero-order valence-corrected chi connectivity index (χ0v) is 18.8. The molecule has 2 heterocycles. The Hall–Kier alpha value is -3.03. The number of nitrogens with one attached hydrogen (secondary N) is 1. The number of para-hydroxylation sites is 1. The summed E-state index contributed by atoms with van der Waals surface area (Å²) >= 11 is 0. The van der Waals surface area contributed by atoms with Crippen molar-refractivity contribution in [3.63, 3.8) is 0 Å². The zero-order valence-electron chi connectivity index (χ0n) is 18.8. The summed E-state index contributed by atoms with van der Waals surface area (Å²) in [7, 11) is 0. The first-order valence-electron chi connectivity index (χ1n) is 11.8. The standard InChI is InChI=1S/C26H30FN5O/c27-22-10-4-5-11-24(22)32-23-12-6-9-21(23)25(29-32)26(33)28-13-14-30-15-17-31(18-16-30)19-20-7-2-1-3-8-20/h1-5,7-8,10-11H,6,9,12-19H2,(H,28,33). The number of carbonyl (C=O) groups excluding carboxylic acids is 1. The van der Waals surface area contributed by atoms with Crippen LogP contribution in [0.15, 0.2) is 54.6 Å². The molecule has 1 aromatic heterocycles. The molecule has 0 spiro atoms. The smallest absolute Gasteiger partial charge is 0.272 e. The summed E-state index contributed by atoms with van der Waals surface area (Å²) in [5.74, 6) is -0.487. The lowest BCUT2D eigenvalue weighted by Gasteiger charge is -2.34. The summed E-state index contributed by atoms with van der Waals surface area (Å²) in [4.78, 5) is 17.8. The fourth-order valence-corrected chi connectivity index (χ4v) is 4.87. The van der Waals surface area contributed by atoms with E-state index in [9.17, 15) is 9.18 Å². The molecule has 1 N–H and O–H groups in total. The maximum absolute atomic E-state index is 14.3. The predicted molar refractivity (Wildman–Crippen MR) is 126 cm³/mol. The summed E-state index contributed by atoms with van der Waals surface area (Å²) in [5, 5.41) is 7.57. The summed E-state index contributed by atoms with van der Waals surface area (Å²) < 4.78 is 16.0. The Kier molecular flexibility index (Phi) is 6.51. The summed E-state index contributed by atoms with van der Waals surface area (Å²) in [6.45, 7) is 6.45. The van der Waals surface area contributed by atoms with E-state index in [2.05, 4.69) is 50.5 Å². The quantitative estimate of drug-likeness (QED) is 0.605. The van der Waals surface area contributed by atoms with Gasteiger partial charge in [0.25, 0.3) is 5.91 Å². The number of hydrogen-bond acceptors (Lipinski definition) is 4.